The number of likely N-dealkylation sites (tertiary alicyclic amines) is 1. The van der Waals surface area contributed by atoms with Gasteiger partial charge in [0.25, 0.3) is 5.78 Å². The number of ether oxygens (including phenoxy) is 1. The molecular formula is C9H13NO3. The molecule has 4 nitrogen and oxygen atoms in total. The number of hydrogen-bond donors (Lipinski definition) is 0. The van der Waals surface area contributed by atoms with Gasteiger partial charge in [-0.1, -0.05) is 0 Å². The molecule has 0 aromatic rings. The first kappa shape index (κ1) is 9.77. The molecule has 0 aromatic carbocycles. The Bertz CT molecular complexity index is 254. The van der Waals surface area contributed by atoms with E-state index >= 15 is 0 Å². The van der Waals surface area contributed by atoms with Gasteiger partial charge in [-0.15, -0.1) is 0 Å². The molecule has 1 aliphatic heterocycles. The Morgan fingerprint density at radius 1 is 1.38 bits per heavy atom. The normalized spacial score (nSPS) is 16.5. The third kappa shape index (κ3) is 2.31. The van der Waals surface area contributed by atoms with Crippen molar-refractivity contribution in [2.75, 3.05) is 20.2 Å². The van der Waals surface area contributed by atoms with Crippen LogP contribution in [-0.4, -0.2) is 36.7 Å². The molecule has 13 heavy (non-hydrogen) atoms. The first-order valence-corrected chi connectivity index (χ1v) is 4.20. The molecule has 0 aromatic heterocycles. The maximum absolute atomic E-state index is 11.2. The minimum absolute atomic E-state index is 0.132. The smallest absolute Gasteiger partial charge is 0.264 e. The summed E-state index contributed by atoms with van der Waals surface area (Å²) in [5.41, 5.74) is 0. The summed E-state index contributed by atoms with van der Waals surface area (Å²) in [6, 6.07) is 0. The van der Waals surface area contributed by atoms with Crippen LogP contribution in [0, 0.1) is 0 Å². The SMILES string of the molecule is COC(=CN1CCC1)C(=O)C(C)=O. The molecule has 0 atom stereocenters. The average molecular weight is 183 g/mol. The molecule has 0 spiro atoms. The van der Waals surface area contributed by atoms with Gasteiger partial charge in [0, 0.05) is 26.2 Å². The Kier molecular flexibility index (Phi) is 3.06. The predicted molar refractivity (Wildman–Crippen MR) is 47.0 cm³/mol. The Balaban J connectivity index is 2.64. The molecule has 0 N–H and O–H groups in total. The molecule has 1 heterocycles. The molecule has 0 saturated carbocycles. The number of carbonyl (C=O) groups excluding carboxylic acids is 2. The highest BCUT2D eigenvalue weighted by atomic mass is 16.5. The Morgan fingerprint density at radius 2 is 2.00 bits per heavy atom. The number of rotatable bonds is 4. The van der Waals surface area contributed by atoms with Crippen molar-refractivity contribution in [2.45, 2.75) is 13.3 Å². The van der Waals surface area contributed by atoms with E-state index in [2.05, 4.69) is 0 Å². The Morgan fingerprint density at radius 3 is 2.31 bits per heavy atom. The number of hydrogen-bond acceptors (Lipinski definition) is 4. The summed E-state index contributed by atoms with van der Waals surface area (Å²) in [4.78, 5) is 23.9. The fourth-order valence-corrected chi connectivity index (χ4v) is 1.01. The molecule has 0 amide bonds. The number of ketones is 2. The monoisotopic (exact) mass is 183 g/mol. The van der Waals surface area contributed by atoms with Gasteiger partial charge in [0.05, 0.1) is 7.11 Å². The van der Waals surface area contributed by atoms with E-state index in [4.69, 9.17) is 4.74 Å². The fraction of sp³-hybridized carbons (Fsp3) is 0.556. The van der Waals surface area contributed by atoms with Crippen molar-refractivity contribution in [3.05, 3.63) is 12.0 Å². The van der Waals surface area contributed by atoms with Crippen LogP contribution in [0.3, 0.4) is 0 Å². The summed E-state index contributed by atoms with van der Waals surface area (Å²) in [6.45, 7) is 3.10. The van der Waals surface area contributed by atoms with E-state index in [1.54, 1.807) is 6.20 Å². The third-order valence-electron chi connectivity index (χ3n) is 1.95. The molecule has 1 fully saturated rings. The molecule has 4 heteroatoms. The summed E-state index contributed by atoms with van der Waals surface area (Å²) in [6.07, 6.45) is 2.73. The van der Waals surface area contributed by atoms with Crippen LogP contribution in [0.15, 0.2) is 12.0 Å². The molecule has 0 bridgehead atoms. The van der Waals surface area contributed by atoms with Crippen LogP contribution in [0.1, 0.15) is 13.3 Å². The second-order valence-electron chi connectivity index (χ2n) is 2.97. The largest absolute Gasteiger partial charge is 0.491 e. The number of methoxy groups -OCH3 is 1. The maximum atomic E-state index is 11.2. The second-order valence-corrected chi connectivity index (χ2v) is 2.97. The van der Waals surface area contributed by atoms with Crippen LogP contribution < -0.4 is 0 Å². The third-order valence-corrected chi connectivity index (χ3v) is 1.95. The van der Waals surface area contributed by atoms with E-state index in [1.165, 1.54) is 14.0 Å². The minimum Gasteiger partial charge on any atom is -0.491 e. The van der Waals surface area contributed by atoms with Gasteiger partial charge in [0.2, 0.25) is 5.78 Å². The van der Waals surface area contributed by atoms with Crippen molar-refractivity contribution in [1.29, 1.82) is 0 Å². The van der Waals surface area contributed by atoms with Crippen LogP contribution in [-0.2, 0) is 14.3 Å². The quantitative estimate of drug-likeness (QED) is 0.358. The number of carbonyl (C=O) groups is 2. The van der Waals surface area contributed by atoms with Gasteiger partial charge in [-0.05, 0) is 6.42 Å². The lowest BCUT2D eigenvalue weighted by Gasteiger charge is -2.29. The van der Waals surface area contributed by atoms with Gasteiger partial charge in [-0.3, -0.25) is 9.59 Å². The molecule has 0 unspecified atom stereocenters. The Hall–Kier alpha value is -1.32. The van der Waals surface area contributed by atoms with Crippen LogP contribution >= 0.6 is 0 Å². The molecule has 1 rings (SSSR count). The summed E-state index contributed by atoms with van der Waals surface area (Å²) < 4.78 is 4.83. The van der Waals surface area contributed by atoms with E-state index in [0.29, 0.717) is 0 Å². The minimum atomic E-state index is -0.561. The van der Waals surface area contributed by atoms with Crippen molar-refractivity contribution in [3.63, 3.8) is 0 Å². The standard InChI is InChI=1S/C9H13NO3/c1-7(11)9(12)8(13-2)6-10-4-3-5-10/h6H,3-5H2,1-2H3. The summed E-state index contributed by atoms with van der Waals surface area (Å²) >= 11 is 0. The lowest BCUT2D eigenvalue weighted by Crippen LogP contribution is -2.33. The summed E-state index contributed by atoms with van der Waals surface area (Å²) in [5, 5.41) is 0. The predicted octanol–water partition coefficient (Wildman–Crippen LogP) is 0.338. The zero-order chi connectivity index (χ0) is 9.84. The number of allylic oxidation sites excluding steroid dienone is 1. The first-order chi connectivity index (χ1) is 6.15. The van der Waals surface area contributed by atoms with Crippen LogP contribution in [0.2, 0.25) is 0 Å². The van der Waals surface area contributed by atoms with Gasteiger partial charge in [-0.25, -0.2) is 0 Å². The van der Waals surface area contributed by atoms with Crippen LogP contribution in [0.25, 0.3) is 0 Å². The van der Waals surface area contributed by atoms with Crippen molar-refractivity contribution in [2.24, 2.45) is 0 Å². The molecule has 1 aliphatic rings. The van der Waals surface area contributed by atoms with Gasteiger partial charge < -0.3 is 9.64 Å². The lowest BCUT2D eigenvalue weighted by molar-refractivity contribution is -0.134. The van der Waals surface area contributed by atoms with E-state index < -0.39 is 11.6 Å². The van der Waals surface area contributed by atoms with Crippen molar-refractivity contribution >= 4 is 11.6 Å². The van der Waals surface area contributed by atoms with Gasteiger partial charge in [0.15, 0.2) is 5.76 Å². The van der Waals surface area contributed by atoms with Gasteiger partial charge in [-0.2, -0.15) is 0 Å². The highest BCUT2D eigenvalue weighted by Gasteiger charge is 2.18. The molecule has 0 radical (unpaired) electrons. The highest BCUT2D eigenvalue weighted by Crippen LogP contribution is 2.09. The fourth-order valence-electron chi connectivity index (χ4n) is 1.01. The molecule has 0 aliphatic carbocycles. The van der Waals surface area contributed by atoms with Crippen molar-refractivity contribution in [1.82, 2.24) is 4.90 Å². The van der Waals surface area contributed by atoms with Crippen molar-refractivity contribution < 1.29 is 14.3 Å². The zero-order valence-electron chi connectivity index (χ0n) is 7.87. The zero-order valence-corrected chi connectivity index (χ0v) is 7.87. The highest BCUT2D eigenvalue weighted by molar-refractivity contribution is 6.42. The summed E-state index contributed by atoms with van der Waals surface area (Å²) in [5.74, 6) is -0.921. The molecule has 72 valence electrons. The van der Waals surface area contributed by atoms with E-state index in [9.17, 15) is 9.59 Å². The second kappa shape index (κ2) is 4.07. The topological polar surface area (TPSA) is 46.6 Å². The summed E-state index contributed by atoms with van der Waals surface area (Å²) in [7, 11) is 1.40. The van der Waals surface area contributed by atoms with Crippen molar-refractivity contribution in [3.8, 4) is 0 Å². The lowest BCUT2D eigenvalue weighted by atomic mass is 10.2. The number of Topliss-reactive ketones (excluding diaryl/α,β-unsaturated/α-hetero) is 2. The first-order valence-electron chi connectivity index (χ1n) is 4.20. The molecular weight excluding hydrogens is 170 g/mol. The van der Waals surface area contributed by atoms with Crippen LogP contribution in [0.5, 0.6) is 0 Å². The molecule has 1 saturated heterocycles. The average Bonchev–Trinajstić information content (AvgIpc) is 2.02. The van der Waals surface area contributed by atoms with Crippen LogP contribution in [0.4, 0.5) is 0 Å². The van der Waals surface area contributed by atoms with Gasteiger partial charge in [0.1, 0.15) is 0 Å². The van der Waals surface area contributed by atoms with E-state index in [1.807, 2.05) is 4.90 Å². The maximum Gasteiger partial charge on any atom is 0.264 e. The van der Waals surface area contributed by atoms with Gasteiger partial charge >= 0.3 is 0 Å². The Labute approximate surface area is 77.2 Å². The van der Waals surface area contributed by atoms with E-state index in [-0.39, 0.29) is 5.76 Å². The number of nitrogens with zero attached hydrogens (tertiary/aromatic N) is 1. The van der Waals surface area contributed by atoms with E-state index in [0.717, 1.165) is 19.5 Å².